The van der Waals surface area contributed by atoms with Gasteiger partial charge in [-0.25, -0.2) is 0 Å². The largest absolute Gasteiger partial charge is 0.396 e. The van der Waals surface area contributed by atoms with E-state index in [-0.39, 0.29) is 0 Å². The lowest BCUT2D eigenvalue weighted by Gasteiger charge is -2.37. The molecule has 0 heterocycles. The molecular formula is C11H18O. The zero-order valence-corrected chi connectivity index (χ0v) is 7.63. The molecule has 3 fully saturated rings. The summed E-state index contributed by atoms with van der Waals surface area (Å²) in [7, 11) is 0. The van der Waals surface area contributed by atoms with Gasteiger partial charge in [0.05, 0.1) is 0 Å². The fraction of sp³-hybridized carbons (Fsp3) is 1.00. The third-order valence-corrected chi connectivity index (χ3v) is 5.05. The third kappa shape index (κ3) is 0.654. The molecule has 2 bridgehead atoms. The van der Waals surface area contributed by atoms with Gasteiger partial charge in [0.15, 0.2) is 0 Å². The van der Waals surface area contributed by atoms with Crippen LogP contribution in [0.5, 0.6) is 0 Å². The normalized spacial score (nSPS) is 56.2. The maximum atomic E-state index is 9.55. The molecule has 1 heteroatoms. The molecule has 0 aliphatic heterocycles. The lowest BCUT2D eigenvalue weighted by Crippen LogP contribution is -2.35. The topological polar surface area (TPSA) is 20.2 Å². The number of hydrogen-bond acceptors (Lipinski definition) is 1. The van der Waals surface area contributed by atoms with Crippen LogP contribution in [0.25, 0.3) is 0 Å². The van der Waals surface area contributed by atoms with E-state index in [1.54, 1.807) is 0 Å². The number of aliphatic hydroxyl groups excluding tert-OH is 1. The highest BCUT2D eigenvalue weighted by molar-refractivity contribution is 5.08. The summed E-state index contributed by atoms with van der Waals surface area (Å²) in [6.45, 7) is 0.485. The highest BCUT2D eigenvalue weighted by Gasteiger charge is 2.59. The molecule has 3 aliphatic rings. The Hall–Kier alpha value is -0.0400. The summed E-state index contributed by atoms with van der Waals surface area (Å²) < 4.78 is 0. The second kappa shape index (κ2) is 2.25. The SMILES string of the molecule is OCC12CCCC1C1CCC2C1. The van der Waals surface area contributed by atoms with Crippen LogP contribution in [0.4, 0.5) is 0 Å². The summed E-state index contributed by atoms with van der Waals surface area (Å²) in [5, 5.41) is 9.55. The maximum Gasteiger partial charge on any atom is 0.0492 e. The molecule has 0 amide bonds. The van der Waals surface area contributed by atoms with Crippen molar-refractivity contribution in [3.05, 3.63) is 0 Å². The van der Waals surface area contributed by atoms with Gasteiger partial charge in [-0.2, -0.15) is 0 Å². The quantitative estimate of drug-likeness (QED) is 0.633. The van der Waals surface area contributed by atoms with Crippen LogP contribution in [0.15, 0.2) is 0 Å². The maximum absolute atomic E-state index is 9.55. The number of hydrogen-bond donors (Lipinski definition) is 1. The van der Waals surface area contributed by atoms with Gasteiger partial charge in [-0.05, 0) is 55.3 Å². The van der Waals surface area contributed by atoms with Crippen molar-refractivity contribution in [3.63, 3.8) is 0 Å². The van der Waals surface area contributed by atoms with Crippen molar-refractivity contribution in [3.8, 4) is 0 Å². The Morgan fingerprint density at radius 2 is 2.17 bits per heavy atom. The van der Waals surface area contributed by atoms with Crippen molar-refractivity contribution >= 4 is 0 Å². The molecule has 1 N–H and O–H groups in total. The first-order chi connectivity index (χ1) is 5.87. The molecule has 3 rings (SSSR count). The molecule has 1 nitrogen and oxygen atoms in total. The summed E-state index contributed by atoms with van der Waals surface area (Å²) >= 11 is 0. The second-order valence-electron chi connectivity index (χ2n) is 5.16. The van der Waals surface area contributed by atoms with Gasteiger partial charge in [0.25, 0.3) is 0 Å². The van der Waals surface area contributed by atoms with Crippen LogP contribution in [-0.4, -0.2) is 11.7 Å². The Morgan fingerprint density at radius 1 is 1.25 bits per heavy atom. The predicted molar refractivity (Wildman–Crippen MR) is 47.7 cm³/mol. The third-order valence-electron chi connectivity index (χ3n) is 5.05. The van der Waals surface area contributed by atoms with E-state index in [4.69, 9.17) is 0 Å². The van der Waals surface area contributed by atoms with E-state index in [1.807, 2.05) is 0 Å². The fourth-order valence-electron chi connectivity index (χ4n) is 4.57. The van der Waals surface area contributed by atoms with Crippen LogP contribution in [0.1, 0.15) is 38.5 Å². The molecule has 4 atom stereocenters. The number of rotatable bonds is 1. The average molecular weight is 166 g/mol. The van der Waals surface area contributed by atoms with Crippen LogP contribution in [0, 0.1) is 23.2 Å². The van der Waals surface area contributed by atoms with Gasteiger partial charge in [-0.15, -0.1) is 0 Å². The molecule has 12 heavy (non-hydrogen) atoms. The first-order valence-corrected chi connectivity index (χ1v) is 5.48. The van der Waals surface area contributed by atoms with Crippen molar-refractivity contribution in [2.45, 2.75) is 38.5 Å². The van der Waals surface area contributed by atoms with Crippen LogP contribution < -0.4 is 0 Å². The van der Waals surface area contributed by atoms with Gasteiger partial charge >= 0.3 is 0 Å². The van der Waals surface area contributed by atoms with E-state index >= 15 is 0 Å². The molecule has 4 unspecified atom stereocenters. The lowest BCUT2D eigenvalue weighted by molar-refractivity contribution is 0.0342. The van der Waals surface area contributed by atoms with Crippen molar-refractivity contribution in [1.29, 1.82) is 0 Å². The molecular weight excluding hydrogens is 148 g/mol. The Kier molecular flexibility index (Phi) is 1.39. The van der Waals surface area contributed by atoms with Crippen molar-refractivity contribution in [2.24, 2.45) is 23.2 Å². The van der Waals surface area contributed by atoms with E-state index in [0.29, 0.717) is 12.0 Å². The van der Waals surface area contributed by atoms with Crippen LogP contribution in [-0.2, 0) is 0 Å². The Balaban J connectivity index is 1.98. The van der Waals surface area contributed by atoms with Gasteiger partial charge in [-0.1, -0.05) is 6.42 Å². The average Bonchev–Trinajstić information content (AvgIpc) is 2.76. The van der Waals surface area contributed by atoms with Gasteiger partial charge in [0, 0.05) is 6.61 Å². The van der Waals surface area contributed by atoms with Gasteiger partial charge in [0.2, 0.25) is 0 Å². The predicted octanol–water partition coefficient (Wildman–Crippen LogP) is 2.20. The zero-order chi connectivity index (χ0) is 8.18. The van der Waals surface area contributed by atoms with Gasteiger partial charge in [-0.3, -0.25) is 0 Å². The summed E-state index contributed by atoms with van der Waals surface area (Å²) in [5.41, 5.74) is 0.420. The highest BCUT2D eigenvalue weighted by atomic mass is 16.3. The van der Waals surface area contributed by atoms with Crippen molar-refractivity contribution in [1.82, 2.24) is 0 Å². The molecule has 68 valence electrons. The van der Waals surface area contributed by atoms with Crippen LogP contribution in [0.2, 0.25) is 0 Å². The van der Waals surface area contributed by atoms with Gasteiger partial charge < -0.3 is 5.11 Å². The van der Waals surface area contributed by atoms with E-state index in [9.17, 15) is 5.11 Å². The van der Waals surface area contributed by atoms with E-state index in [2.05, 4.69) is 0 Å². The van der Waals surface area contributed by atoms with Crippen molar-refractivity contribution in [2.75, 3.05) is 6.61 Å². The summed E-state index contributed by atoms with van der Waals surface area (Å²) in [6.07, 6.45) is 8.47. The van der Waals surface area contributed by atoms with E-state index in [1.165, 1.54) is 38.5 Å². The minimum atomic E-state index is 0.420. The first-order valence-electron chi connectivity index (χ1n) is 5.48. The Morgan fingerprint density at radius 3 is 2.92 bits per heavy atom. The molecule has 0 spiro atoms. The molecule has 0 radical (unpaired) electrons. The van der Waals surface area contributed by atoms with Gasteiger partial charge in [0.1, 0.15) is 0 Å². The minimum Gasteiger partial charge on any atom is -0.396 e. The Bertz CT molecular complexity index is 201. The monoisotopic (exact) mass is 166 g/mol. The molecule has 3 aliphatic carbocycles. The highest BCUT2D eigenvalue weighted by Crippen LogP contribution is 2.65. The summed E-state index contributed by atoms with van der Waals surface area (Å²) in [4.78, 5) is 0. The number of aliphatic hydroxyl groups is 1. The summed E-state index contributed by atoms with van der Waals surface area (Å²) in [5.74, 6) is 2.82. The summed E-state index contributed by atoms with van der Waals surface area (Å²) in [6, 6.07) is 0. The molecule has 0 aromatic carbocycles. The minimum absolute atomic E-state index is 0.420. The molecule has 3 saturated carbocycles. The molecule has 0 aromatic heterocycles. The van der Waals surface area contributed by atoms with E-state index < -0.39 is 0 Å². The van der Waals surface area contributed by atoms with Crippen LogP contribution >= 0.6 is 0 Å². The lowest BCUT2D eigenvalue weighted by atomic mass is 9.68. The molecule has 0 saturated heterocycles. The Labute approximate surface area is 74.2 Å². The second-order valence-corrected chi connectivity index (χ2v) is 5.16. The molecule has 0 aromatic rings. The van der Waals surface area contributed by atoms with Crippen LogP contribution in [0.3, 0.4) is 0 Å². The smallest absolute Gasteiger partial charge is 0.0492 e. The fourth-order valence-corrected chi connectivity index (χ4v) is 4.57. The first kappa shape index (κ1) is 7.37. The van der Waals surface area contributed by atoms with E-state index in [0.717, 1.165) is 17.8 Å². The van der Waals surface area contributed by atoms with Crippen molar-refractivity contribution < 1.29 is 5.11 Å². The number of fused-ring (bicyclic) bond motifs is 5. The standard InChI is InChI=1S/C11H18O/c12-7-11-5-1-2-10(11)8-3-4-9(11)6-8/h8-10,12H,1-7H2. The zero-order valence-electron chi connectivity index (χ0n) is 7.63.